The number of hydrogen-bond acceptors (Lipinski definition) is 0. The summed E-state index contributed by atoms with van der Waals surface area (Å²) in [6.07, 6.45) is 0. The molecule has 41 valence electrons. The minimum absolute atomic E-state index is 0. The molecule has 4 nitrogen and oxygen atoms in total. The maximum atomic E-state index is 7.50. The fraction of sp³-hybridized carbons (Fsp3) is 0. The van der Waals surface area contributed by atoms with Crippen LogP contribution in [0.4, 0.5) is 0 Å². The van der Waals surface area contributed by atoms with Gasteiger partial charge in [-0.15, -0.1) is 0 Å². The third kappa shape index (κ3) is 754. The van der Waals surface area contributed by atoms with Crippen LogP contribution >= 0.6 is 0 Å². The average Bonchev–Trinajstić information content (AvgIpc) is 1.00. The summed E-state index contributed by atoms with van der Waals surface area (Å²) in [6.45, 7) is 4.50. The van der Waals surface area contributed by atoms with Crippen LogP contribution in [0.2, 0.25) is 0 Å². The summed E-state index contributed by atoms with van der Waals surface area (Å²) in [7, 11) is 0. The molecule has 0 aliphatic carbocycles. The molecule has 0 spiro atoms. The van der Waals surface area contributed by atoms with Crippen molar-refractivity contribution in [2.45, 2.75) is 0 Å². The first-order valence-electron chi connectivity index (χ1n) is 0.204. The summed E-state index contributed by atoms with van der Waals surface area (Å²) in [5.74, 6) is 0. The summed E-state index contributed by atoms with van der Waals surface area (Å²) in [5, 5.41) is 0. The molecule has 0 fully saturated rings. The number of hydrogen-bond donors (Lipinski definition) is 0. The first-order chi connectivity index (χ1) is 1.00. The maximum absolute atomic E-state index is 7.50. The normalized spacial score (nSPS) is 0.333. The van der Waals surface area contributed by atoms with E-state index in [2.05, 4.69) is 6.65 Å². The summed E-state index contributed by atoms with van der Waals surface area (Å²) in [4.78, 5) is 0. The van der Waals surface area contributed by atoms with Crippen molar-refractivity contribution in [1.82, 2.24) is 0 Å². The Bertz CT molecular complexity index is 12.3. The standard InChI is InChI=1S/CO.3H2O.Ru/c1-2;;;;/h;3*1H2;/q;;;;+1. The van der Waals surface area contributed by atoms with Gasteiger partial charge < -0.3 is 16.4 Å². The van der Waals surface area contributed by atoms with E-state index in [4.69, 9.17) is 4.65 Å². The smallest absolute Gasteiger partial charge is 1.00 e. The Kier molecular flexibility index (Phi) is 29500. The van der Waals surface area contributed by atoms with Crippen molar-refractivity contribution in [1.29, 1.82) is 0 Å². The van der Waals surface area contributed by atoms with E-state index in [-0.39, 0.29) is 35.9 Å². The molecule has 0 aromatic heterocycles. The Morgan fingerprint density at radius 2 is 0.833 bits per heavy atom. The second kappa shape index (κ2) is 1590. The van der Waals surface area contributed by atoms with Crippen LogP contribution in [-0.4, -0.2) is 16.4 Å². The zero-order valence-electron chi connectivity index (χ0n) is 2.76. The third-order valence-corrected chi connectivity index (χ3v) is 0. The van der Waals surface area contributed by atoms with Crippen molar-refractivity contribution in [2.24, 2.45) is 0 Å². The zero-order valence-corrected chi connectivity index (χ0v) is 4.50. The van der Waals surface area contributed by atoms with Crippen LogP contribution in [0.5, 0.6) is 0 Å². The van der Waals surface area contributed by atoms with Gasteiger partial charge in [-0.3, -0.25) is 0 Å². The Balaban J connectivity index is -0.000000000833. The molecule has 0 saturated heterocycles. The van der Waals surface area contributed by atoms with Crippen LogP contribution in [0, 0.1) is 6.65 Å². The molecule has 0 bridgehead atoms. The van der Waals surface area contributed by atoms with Crippen molar-refractivity contribution in [2.75, 3.05) is 0 Å². The molecule has 0 aliphatic rings. The van der Waals surface area contributed by atoms with E-state index in [0.29, 0.717) is 0 Å². The summed E-state index contributed by atoms with van der Waals surface area (Å²) >= 11 is 0. The topological polar surface area (TPSA) is 114 Å². The van der Waals surface area contributed by atoms with Crippen molar-refractivity contribution >= 4 is 0 Å². The number of rotatable bonds is 0. The van der Waals surface area contributed by atoms with Crippen LogP contribution in [-0.2, 0) is 24.1 Å². The Morgan fingerprint density at radius 1 is 0.833 bits per heavy atom. The van der Waals surface area contributed by atoms with Gasteiger partial charge in [-0.1, -0.05) is 0 Å². The van der Waals surface area contributed by atoms with Crippen molar-refractivity contribution in [3.63, 3.8) is 0 Å². The second-order valence-electron chi connectivity index (χ2n) is 0. The molecule has 0 aromatic rings. The zero-order chi connectivity index (χ0) is 2.00. The first kappa shape index (κ1) is 111. The molecule has 0 aliphatic heterocycles. The van der Waals surface area contributed by atoms with Crippen LogP contribution in [0.1, 0.15) is 0 Å². The van der Waals surface area contributed by atoms with E-state index in [1.54, 1.807) is 0 Å². The molecule has 5 heteroatoms. The molecule has 6 heavy (non-hydrogen) atoms. The van der Waals surface area contributed by atoms with Crippen LogP contribution in [0.3, 0.4) is 0 Å². The molecule has 0 rings (SSSR count). The average molecular weight is 183 g/mol. The van der Waals surface area contributed by atoms with Gasteiger partial charge in [-0.2, -0.15) is 0 Å². The molecule has 0 atom stereocenters. The Morgan fingerprint density at radius 3 is 0.833 bits per heavy atom. The van der Waals surface area contributed by atoms with Crippen molar-refractivity contribution in [3.8, 4) is 0 Å². The van der Waals surface area contributed by atoms with Gasteiger partial charge in [0.05, 0.1) is 0 Å². The molecule has 0 aromatic carbocycles. The molecule has 0 heterocycles. The van der Waals surface area contributed by atoms with Gasteiger partial charge in [0, 0.05) is 0 Å². The van der Waals surface area contributed by atoms with E-state index >= 15 is 0 Å². The van der Waals surface area contributed by atoms with E-state index in [1.807, 2.05) is 0 Å². The van der Waals surface area contributed by atoms with E-state index in [0.717, 1.165) is 0 Å². The van der Waals surface area contributed by atoms with Crippen LogP contribution in [0.15, 0.2) is 0 Å². The summed E-state index contributed by atoms with van der Waals surface area (Å²) < 4.78 is 7.50. The van der Waals surface area contributed by atoms with E-state index in [9.17, 15) is 0 Å². The molecule has 0 amide bonds. The van der Waals surface area contributed by atoms with E-state index < -0.39 is 0 Å². The predicted molar refractivity (Wildman–Crippen MR) is 14.8 cm³/mol. The van der Waals surface area contributed by atoms with Gasteiger partial charge in [-0.25, -0.2) is 0 Å². The largest absolute Gasteiger partial charge is 1.00 e. The van der Waals surface area contributed by atoms with Gasteiger partial charge in [0.15, 0.2) is 0 Å². The van der Waals surface area contributed by atoms with Crippen molar-refractivity contribution < 1.29 is 40.6 Å². The third-order valence-electron chi connectivity index (χ3n) is 0. The summed E-state index contributed by atoms with van der Waals surface area (Å²) in [6, 6.07) is 0. The molecular formula is CH6O4Ru+. The second-order valence-corrected chi connectivity index (χ2v) is 0. The van der Waals surface area contributed by atoms with Crippen molar-refractivity contribution in [3.05, 3.63) is 6.65 Å². The predicted octanol–water partition coefficient (Wildman–Crippen LogP) is -2.51. The van der Waals surface area contributed by atoms with E-state index in [1.165, 1.54) is 0 Å². The quantitative estimate of drug-likeness (QED) is 0.224. The fourth-order valence-corrected chi connectivity index (χ4v) is 0. The molecular weight excluding hydrogens is 177 g/mol. The van der Waals surface area contributed by atoms with Crippen LogP contribution in [0.25, 0.3) is 0 Å². The van der Waals surface area contributed by atoms with Gasteiger partial charge in [0.25, 0.3) is 0 Å². The summed E-state index contributed by atoms with van der Waals surface area (Å²) in [5.41, 5.74) is 0. The SMILES string of the molecule is O.O.O.[C-]#[O+].[Ru+]. The van der Waals surface area contributed by atoms with Gasteiger partial charge in [-0.05, 0) is 0 Å². The monoisotopic (exact) mass is 184 g/mol. The fourth-order valence-electron chi connectivity index (χ4n) is 0. The minimum atomic E-state index is 0. The molecule has 1 radical (unpaired) electrons. The van der Waals surface area contributed by atoms with Gasteiger partial charge >= 0.3 is 30.8 Å². The van der Waals surface area contributed by atoms with Gasteiger partial charge in [0.2, 0.25) is 0 Å². The minimum Gasteiger partial charge on any atom is 1.00 e. The first-order valence-corrected chi connectivity index (χ1v) is 0.204. The molecule has 0 unspecified atom stereocenters. The van der Waals surface area contributed by atoms with Gasteiger partial charge in [0.1, 0.15) is 0 Å². The Hall–Kier alpha value is 0.243. The van der Waals surface area contributed by atoms with Crippen LogP contribution < -0.4 is 0 Å². The molecule has 6 N–H and O–H groups in total. The maximum Gasteiger partial charge on any atom is 1.00 e. The Labute approximate surface area is 47.9 Å². The molecule has 0 saturated carbocycles.